The van der Waals surface area contributed by atoms with Crippen molar-refractivity contribution >= 4 is 23.6 Å². The zero-order valence-electron chi connectivity index (χ0n) is 17.5. The number of hydrogen-bond donors (Lipinski definition) is 1. The van der Waals surface area contributed by atoms with E-state index in [-0.39, 0.29) is 24.1 Å². The minimum absolute atomic E-state index is 0.0454. The van der Waals surface area contributed by atoms with E-state index in [2.05, 4.69) is 5.32 Å². The molecule has 1 atom stereocenters. The molecule has 2 amide bonds. The van der Waals surface area contributed by atoms with Crippen LogP contribution in [0.15, 0.2) is 47.4 Å². The lowest BCUT2D eigenvalue weighted by Gasteiger charge is -2.26. The number of halogens is 3. The lowest BCUT2D eigenvalue weighted by Crippen LogP contribution is -2.39. The van der Waals surface area contributed by atoms with Crippen LogP contribution in [0.3, 0.4) is 0 Å². The minimum atomic E-state index is -4.48. The molecule has 1 N–H and O–H groups in total. The molecule has 0 bridgehead atoms. The fraction of sp³-hybridized carbons (Fsp3) is 0.391. The molecule has 1 fully saturated rings. The van der Waals surface area contributed by atoms with Gasteiger partial charge in [-0.05, 0) is 49.6 Å². The number of aryl methyl sites for hydroxylation is 2. The van der Waals surface area contributed by atoms with Crippen molar-refractivity contribution in [2.45, 2.75) is 43.8 Å². The maximum Gasteiger partial charge on any atom is 0.416 e. The van der Waals surface area contributed by atoms with Gasteiger partial charge in [-0.2, -0.15) is 13.2 Å². The summed E-state index contributed by atoms with van der Waals surface area (Å²) in [6, 6.07) is 10.2. The number of hydrogen-bond acceptors (Lipinski definition) is 3. The fourth-order valence-electron chi connectivity index (χ4n) is 3.53. The van der Waals surface area contributed by atoms with Gasteiger partial charge in [0.25, 0.3) is 0 Å². The second-order valence-corrected chi connectivity index (χ2v) is 8.76. The highest BCUT2D eigenvalue weighted by Crippen LogP contribution is 2.31. The second-order valence-electron chi connectivity index (χ2n) is 7.74. The van der Waals surface area contributed by atoms with E-state index >= 15 is 0 Å². The molecular formula is C23H25F3N2O2S. The summed E-state index contributed by atoms with van der Waals surface area (Å²) in [7, 11) is 0. The Morgan fingerprint density at radius 1 is 1.19 bits per heavy atom. The molecule has 1 heterocycles. The van der Waals surface area contributed by atoms with Gasteiger partial charge in [0.15, 0.2) is 0 Å². The van der Waals surface area contributed by atoms with Gasteiger partial charge in [0.1, 0.15) is 0 Å². The summed E-state index contributed by atoms with van der Waals surface area (Å²) in [5, 5.41) is 2.84. The molecule has 166 valence electrons. The maximum atomic E-state index is 13.2. The van der Waals surface area contributed by atoms with Crippen molar-refractivity contribution < 1.29 is 22.8 Å². The van der Waals surface area contributed by atoms with Crippen LogP contribution in [-0.2, 0) is 15.8 Å². The molecule has 0 spiro atoms. The number of nitrogens with zero attached hydrogens (tertiary/aromatic N) is 1. The molecule has 1 unspecified atom stereocenters. The summed E-state index contributed by atoms with van der Waals surface area (Å²) in [5.41, 5.74) is 1.70. The molecule has 1 aliphatic rings. The predicted molar refractivity (Wildman–Crippen MR) is 115 cm³/mol. The van der Waals surface area contributed by atoms with Crippen molar-refractivity contribution in [3.63, 3.8) is 0 Å². The summed E-state index contributed by atoms with van der Waals surface area (Å²) >= 11 is 1.38. The van der Waals surface area contributed by atoms with Gasteiger partial charge >= 0.3 is 6.18 Å². The standard InChI is InChI=1S/C23H25F3N2O2S/c1-15-8-9-16(2)20(11-15)31-14-21(29)27-19(13-28-10-4-7-22(28)30)17-5-3-6-18(12-17)23(24,25)26/h3,5-6,8-9,11-12,19H,4,7,10,13-14H2,1-2H3,(H,27,29). The van der Waals surface area contributed by atoms with Gasteiger partial charge in [0, 0.05) is 24.4 Å². The van der Waals surface area contributed by atoms with E-state index in [9.17, 15) is 22.8 Å². The highest BCUT2D eigenvalue weighted by Gasteiger charge is 2.32. The first-order valence-corrected chi connectivity index (χ1v) is 11.1. The van der Waals surface area contributed by atoms with Crippen LogP contribution in [0.2, 0.25) is 0 Å². The Hall–Kier alpha value is -2.48. The molecule has 31 heavy (non-hydrogen) atoms. The van der Waals surface area contributed by atoms with Crippen LogP contribution >= 0.6 is 11.8 Å². The van der Waals surface area contributed by atoms with Crippen LogP contribution in [0.1, 0.15) is 41.1 Å². The van der Waals surface area contributed by atoms with Crippen LogP contribution < -0.4 is 5.32 Å². The molecule has 4 nitrogen and oxygen atoms in total. The van der Waals surface area contributed by atoms with E-state index in [1.165, 1.54) is 17.8 Å². The van der Waals surface area contributed by atoms with E-state index in [0.717, 1.165) is 28.2 Å². The van der Waals surface area contributed by atoms with Gasteiger partial charge in [-0.15, -0.1) is 11.8 Å². The molecular weight excluding hydrogens is 425 g/mol. The topological polar surface area (TPSA) is 49.4 Å². The van der Waals surface area contributed by atoms with Crippen LogP contribution in [0, 0.1) is 13.8 Å². The maximum absolute atomic E-state index is 13.2. The van der Waals surface area contributed by atoms with Crippen LogP contribution in [0.25, 0.3) is 0 Å². The first-order valence-electron chi connectivity index (χ1n) is 10.1. The highest BCUT2D eigenvalue weighted by atomic mass is 32.2. The Kier molecular flexibility index (Phi) is 7.30. The predicted octanol–water partition coefficient (Wildman–Crippen LogP) is 4.89. The molecule has 0 radical (unpaired) electrons. The number of carbonyl (C=O) groups is 2. The smallest absolute Gasteiger partial charge is 0.347 e. The first kappa shape index (κ1) is 23.2. The van der Waals surface area contributed by atoms with Gasteiger partial charge in [0.2, 0.25) is 11.8 Å². The third-order valence-corrected chi connectivity index (χ3v) is 6.39. The van der Waals surface area contributed by atoms with Crippen molar-refractivity contribution in [1.29, 1.82) is 0 Å². The molecule has 1 aliphatic heterocycles. The van der Waals surface area contributed by atoms with Gasteiger partial charge in [-0.1, -0.05) is 29.8 Å². The van der Waals surface area contributed by atoms with E-state index in [1.807, 2.05) is 32.0 Å². The Bertz CT molecular complexity index is 962. The largest absolute Gasteiger partial charge is 0.416 e. The number of thioether (sulfide) groups is 1. The van der Waals surface area contributed by atoms with Crippen molar-refractivity contribution in [1.82, 2.24) is 10.2 Å². The normalized spacial score (nSPS) is 15.3. The summed E-state index contributed by atoms with van der Waals surface area (Å²) in [6.45, 7) is 4.63. The van der Waals surface area contributed by atoms with Crippen molar-refractivity contribution in [2.24, 2.45) is 0 Å². The second kappa shape index (κ2) is 9.77. The number of likely N-dealkylation sites (tertiary alicyclic amines) is 1. The van der Waals surface area contributed by atoms with E-state index in [4.69, 9.17) is 0 Å². The molecule has 0 aromatic heterocycles. The lowest BCUT2D eigenvalue weighted by molar-refractivity contribution is -0.137. The van der Waals surface area contributed by atoms with Gasteiger partial charge in [-0.25, -0.2) is 0 Å². The molecule has 0 saturated carbocycles. The number of amides is 2. The monoisotopic (exact) mass is 450 g/mol. The Morgan fingerprint density at radius 2 is 1.97 bits per heavy atom. The SMILES string of the molecule is Cc1ccc(C)c(SCC(=O)NC(CN2CCCC2=O)c2cccc(C(F)(F)F)c2)c1. The molecule has 3 rings (SSSR count). The molecule has 2 aromatic rings. The Morgan fingerprint density at radius 3 is 2.65 bits per heavy atom. The summed E-state index contributed by atoms with van der Waals surface area (Å²) in [5.74, 6) is -0.204. The van der Waals surface area contributed by atoms with Gasteiger partial charge in [0.05, 0.1) is 17.4 Å². The average Bonchev–Trinajstić information content (AvgIpc) is 3.12. The number of nitrogens with one attached hydrogen (secondary N) is 1. The number of carbonyl (C=O) groups excluding carboxylic acids is 2. The summed E-state index contributed by atoms with van der Waals surface area (Å²) in [6.07, 6.45) is -3.34. The number of benzene rings is 2. The van der Waals surface area contributed by atoms with Crippen molar-refractivity contribution in [2.75, 3.05) is 18.8 Å². The quantitative estimate of drug-likeness (QED) is 0.611. The first-order chi connectivity index (χ1) is 14.6. The zero-order valence-corrected chi connectivity index (χ0v) is 18.3. The van der Waals surface area contributed by atoms with Crippen molar-refractivity contribution in [3.8, 4) is 0 Å². The molecule has 8 heteroatoms. The summed E-state index contributed by atoms with van der Waals surface area (Å²) in [4.78, 5) is 27.3. The zero-order chi connectivity index (χ0) is 22.6. The van der Waals surface area contributed by atoms with E-state index in [1.54, 1.807) is 11.0 Å². The Labute approximate surface area is 184 Å². The average molecular weight is 451 g/mol. The third kappa shape index (κ3) is 6.26. The number of rotatable bonds is 7. The number of alkyl halides is 3. The van der Waals surface area contributed by atoms with E-state index in [0.29, 0.717) is 24.9 Å². The van der Waals surface area contributed by atoms with Crippen molar-refractivity contribution in [3.05, 3.63) is 64.7 Å². The van der Waals surface area contributed by atoms with E-state index < -0.39 is 17.8 Å². The van der Waals surface area contributed by atoms with Crippen LogP contribution in [0.4, 0.5) is 13.2 Å². The lowest BCUT2D eigenvalue weighted by atomic mass is 10.0. The van der Waals surface area contributed by atoms with Crippen LogP contribution in [0.5, 0.6) is 0 Å². The molecule has 2 aromatic carbocycles. The van der Waals surface area contributed by atoms with Gasteiger partial charge in [-0.3, -0.25) is 9.59 Å². The molecule has 1 saturated heterocycles. The summed E-state index contributed by atoms with van der Waals surface area (Å²) < 4.78 is 39.6. The Balaban J connectivity index is 1.75. The van der Waals surface area contributed by atoms with Gasteiger partial charge < -0.3 is 10.2 Å². The minimum Gasteiger partial charge on any atom is -0.347 e. The molecule has 0 aliphatic carbocycles. The van der Waals surface area contributed by atoms with Crippen LogP contribution in [-0.4, -0.2) is 35.6 Å². The highest BCUT2D eigenvalue weighted by molar-refractivity contribution is 8.00. The fourth-order valence-corrected chi connectivity index (χ4v) is 4.46. The third-order valence-electron chi connectivity index (χ3n) is 5.23.